The van der Waals surface area contributed by atoms with Crippen LogP contribution >= 0.6 is 0 Å². The van der Waals surface area contributed by atoms with Gasteiger partial charge in [0, 0.05) is 30.1 Å². The van der Waals surface area contributed by atoms with Gasteiger partial charge in [-0.15, -0.1) is 0 Å². The molecule has 3 rings (SSSR count). The summed E-state index contributed by atoms with van der Waals surface area (Å²) in [5.41, 5.74) is 1.82. The Hall–Kier alpha value is -3.67. The first-order valence-corrected chi connectivity index (χ1v) is 8.75. The van der Waals surface area contributed by atoms with Crippen LogP contribution in [0.3, 0.4) is 0 Å². The maximum Gasteiger partial charge on any atom is 0.356 e. The van der Waals surface area contributed by atoms with Crippen molar-refractivity contribution >= 4 is 23.3 Å². The van der Waals surface area contributed by atoms with Crippen LogP contribution in [0.25, 0.3) is 0 Å². The highest BCUT2D eigenvalue weighted by Gasteiger charge is 2.26. The number of aromatic nitrogens is 1. The molecule has 0 unspecified atom stereocenters. The first-order chi connectivity index (χ1) is 13.5. The lowest BCUT2D eigenvalue weighted by atomic mass is 10.1. The summed E-state index contributed by atoms with van der Waals surface area (Å²) >= 11 is 0. The molecule has 0 aliphatic rings. The van der Waals surface area contributed by atoms with Crippen molar-refractivity contribution in [3.05, 3.63) is 89.7 Å². The molecule has 0 saturated carbocycles. The molecule has 6 nitrogen and oxygen atoms in total. The molecule has 1 heterocycles. The molecule has 1 amide bonds. The zero-order valence-electron chi connectivity index (χ0n) is 15.6. The van der Waals surface area contributed by atoms with Crippen LogP contribution < -0.4 is 5.32 Å². The Kier molecular flexibility index (Phi) is 5.69. The van der Waals surface area contributed by atoms with Crippen molar-refractivity contribution in [3.8, 4) is 0 Å². The van der Waals surface area contributed by atoms with Gasteiger partial charge in [0.2, 0.25) is 6.10 Å². The maximum atomic E-state index is 12.9. The van der Waals surface area contributed by atoms with Gasteiger partial charge in [0.05, 0.1) is 0 Å². The molecule has 28 heavy (non-hydrogen) atoms. The number of nitrogens with zero attached hydrogens (tertiary/aromatic N) is 1. The fourth-order valence-corrected chi connectivity index (χ4v) is 2.77. The van der Waals surface area contributed by atoms with Gasteiger partial charge in [-0.1, -0.05) is 42.5 Å². The number of anilines is 1. The number of amides is 1. The third-order valence-corrected chi connectivity index (χ3v) is 4.25. The molecule has 142 valence electrons. The van der Waals surface area contributed by atoms with Crippen LogP contribution in [0.1, 0.15) is 39.4 Å². The number of ether oxygens (including phenoxy) is 1. The fraction of sp³-hybridized carbons (Fsp3) is 0.136. The standard InChI is InChI=1S/C22H20N2O4/c1-15(25)17-10-6-11-18(14-17)23-21(26)20(16-8-4-3-5-9-16)28-22(27)19-12-7-13-24(19)2/h3-14,20H,1-2H3,(H,23,26)/t20-/m1/s1. The number of ketones is 1. The fourth-order valence-electron chi connectivity index (χ4n) is 2.77. The lowest BCUT2D eigenvalue weighted by Gasteiger charge is -2.18. The number of carbonyl (C=O) groups is 3. The molecule has 0 aliphatic heterocycles. The minimum absolute atomic E-state index is 0.106. The van der Waals surface area contributed by atoms with Gasteiger partial charge in [-0.05, 0) is 31.2 Å². The van der Waals surface area contributed by atoms with Gasteiger partial charge in [0.1, 0.15) is 5.69 Å². The minimum Gasteiger partial charge on any atom is -0.443 e. The zero-order chi connectivity index (χ0) is 20.1. The first-order valence-electron chi connectivity index (χ1n) is 8.75. The van der Waals surface area contributed by atoms with Crippen molar-refractivity contribution in [1.29, 1.82) is 0 Å². The largest absolute Gasteiger partial charge is 0.443 e. The summed E-state index contributed by atoms with van der Waals surface area (Å²) in [6.07, 6.45) is 0.589. The van der Waals surface area contributed by atoms with Gasteiger partial charge < -0.3 is 14.6 Å². The summed E-state index contributed by atoms with van der Waals surface area (Å²) in [6.45, 7) is 1.45. The highest BCUT2D eigenvalue weighted by atomic mass is 16.5. The van der Waals surface area contributed by atoms with E-state index in [0.29, 0.717) is 22.5 Å². The topological polar surface area (TPSA) is 77.4 Å². The molecule has 0 spiro atoms. The molecule has 1 aromatic heterocycles. The second-order valence-electron chi connectivity index (χ2n) is 6.33. The summed E-state index contributed by atoms with van der Waals surface area (Å²) in [5.74, 6) is -1.21. The lowest BCUT2D eigenvalue weighted by molar-refractivity contribution is -0.125. The summed E-state index contributed by atoms with van der Waals surface area (Å²) < 4.78 is 7.16. The Balaban J connectivity index is 1.85. The zero-order valence-corrected chi connectivity index (χ0v) is 15.6. The van der Waals surface area contributed by atoms with Gasteiger partial charge in [-0.2, -0.15) is 0 Å². The number of Topliss-reactive ketones (excluding diaryl/α,β-unsaturated/α-hetero) is 1. The number of esters is 1. The van der Waals surface area contributed by atoms with E-state index in [4.69, 9.17) is 4.74 Å². The van der Waals surface area contributed by atoms with E-state index in [1.54, 1.807) is 78.5 Å². The molecule has 0 aliphatic carbocycles. The van der Waals surface area contributed by atoms with E-state index >= 15 is 0 Å². The summed E-state index contributed by atoms with van der Waals surface area (Å²) in [4.78, 5) is 37.0. The van der Waals surface area contributed by atoms with Crippen LogP contribution in [0, 0.1) is 0 Å². The molecule has 0 fully saturated rings. The Labute approximate surface area is 162 Å². The van der Waals surface area contributed by atoms with Crippen molar-refractivity contribution in [3.63, 3.8) is 0 Å². The lowest BCUT2D eigenvalue weighted by Crippen LogP contribution is -2.26. The van der Waals surface area contributed by atoms with E-state index in [1.807, 2.05) is 6.07 Å². The smallest absolute Gasteiger partial charge is 0.356 e. The molecule has 0 radical (unpaired) electrons. The second kappa shape index (κ2) is 8.35. The van der Waals surface area contributed by atoms with Crippen molar-refractivity contribution in [2.24, 2.45) is 7.05 Å². The summed E-state index contributed by atoms with van der Waals surface area (Å²) in [7, 11) is 1.72. The van der Waals surface area contributed by atoms with Crippen LogP contribution in [0.15, 0.2) is 72.9 Å². The first kappa shape index (κ1) is 19.1. The number of benzene rings is 2. The van der Waals surface area contributed by atoms with Crippen LogP contribution in [0.4, 0.5) is 5.69 Å². The van der Waals surface area contributed by atoms with Gasteiger partial charge in [0.15, 0.2) is 5.78 Å². The summed E-state index contributed by atoms with van der Waals surface area (Å²) in [5, 5.41) is 2.73. The molecule has 6 heteroatoms. The van der Waals surface area contributed by atoms with E-state index in [1.165, 1.54) is 6.92 Å². The highest BCUT2D eigenvalue weighted by molar-refractivity contribution is 5.99. The quantitative estimate of drug-likeness (QED) is 0.525. The Morgan fingerprint density at radius 2 is 1.71 bits per heavy atom. The van der Waals surface area contributed by atoms with Crippen LogP contribution in [0.2, 0.25) is 0 Å². The Morgan fingerprint density at radius 3 is 2.36 bits per heavy atom. The number of rotatable bonds is 6. The van der Waals surface area contributed by atoms with Crippen molar-refractivity contribution in [2.45, 2.75) is 13.0 Å². The third kappa shape index (κ3) is 4.35. The van der Waals surface area contributed by atoms with Crippen molar-refractivity contribution < 1.29 is 19.1 Å². The van der Waals surface area contributed by atoms with E-state index < -0.39 is 18.0 Å². The number of hydrogen-bond donors (Lipinski definition) is 1. The molecule has 0 saturated heterocycles. The predicted molar refractivity (Wildman–Crippen MR) is 105 cm³/mol. The monoisotopic (exact) mass is 376 g/mol. The van der Waals surface area contributed by atoms with Gasteiger partial charge in [-0.25, -0.2) is 4.79 Å². The van der Waals surface area contributed by atoms with Gasteiger partial charge in [-0.3, -0.25) is 9.59 Å². The average Bonchev–Trinajstić information content (AvgIpc) is 3.12. The molecule has 1 atom stereocenters. The van der Waals surface area contributed by atoms with E-state index in [9.17, 15) is 14.4 Å². The van der Waals surface area contributed by atoms with Crippen LogP contribution in [-0.4, -0.2) is 22.2 Å². The molecule has 0 bridgehead atoms. The minimum atomic E-state index is -1.13. The normalized spacial score (nSPS) is 11.5. The number of carbonyl (C=O) groups excluding carboxylic acids is 3. The molecular weight excluding hydrogens is 356 g/mol. The van der Waals surface area contributed by atoms with Crippen LogP contribution in [-0.2, 0) is 16.6 Å². The molecule has 1 N–H and O–H groups in total. The highest BCUT2D eigenvalue weighted by Crippen LogP contribution is 2.22. The number of nitrogens with one attached hydrogen (secondary N) is 1. The van der Waals surface area contributed by atoms with Gasteiger partial charge >= 0.3 is 5.97 Å². The SMILES string of the molecule is CC(=O)c1cccc(NC(=O)[C@H](OC(=O)c2cccn2C)c2ccccc2)c1. The predicted octanol–water partition coefficient (Wildman–Crippen LogP) is 3.76. The second-order valence-corrected chi connectivity index (χ2v) is 6.33. The maximum absolute atomic E-state index is 12.9. The summed E-state index contributed by atoms with van der Waals surface area (Å²) in [6, 6.07) is 18.7. The Bertz CT molecular complexity index is 1010. The molecule has 3 aromatic rings. The molecular formula is C22H20N2O4. The number of aryl methyl sites for hydroxylation is 1. The van der Waals surface area contributed by atoms with E-state index in [-0.39, 0.29) is 5.78 Å². The van der Waals surface area contributed by atoms with Gasteiger partial charge in [0.25, 0.3) is 5.91 Å². The molecule has 2 aromatic carbocycles. The third-order valence-electron chi connectivity index (χ3n) is 4.25. The average molecular weight is 376 g/mol. The van der Waals surface area contributed by atoms with Crippen molar-refractivity contribution in [2.75, 3.05) is 5.32 Å². The number of hydrogen-bond acceptors (Lipinski definition) is 4. The Morgan fingerprint density at radius 1 is 0.964 bits per heavy atom. The van der Waals surface area contributed by atoms with E-state index in [0.717, 1.165) is 0 Å². The van der Waals surface area contributed by atoms with Crippen molar-refractivity contribution in [1.82, 2.24) is 4.57 Å². The van der Waals surface area contributed by atoms with Crippen LogP contribution in [0.5, 0.6) is 0 Å². The van der Waals surface area contributed by atoms with E-state index in [2.05, 4.69) is 5.32 Å².